The molecule has 1 aromatic rings. The molecule has 2 rings (SSSR count). The highest BCUT2D eigenvalue weighted by Gasteiger charge is 2.25. The average Bonchev–Trinajstić information content (AvgIpc) is 3.01. The lowest BCUT2D eigenvalue weighted by Gasteiger charge is -2.24. The van der Waals surface area contributed by atoms with Crippen molar-refractivity contribution in [1.29, 1.82) is 0 Å². The minimum Gasteiger partial charge on any atom is -0.395 e. The summed E-state index contributed by atoms with van der Waals surface area (Å²) >= 11 is 0. The van der Waals surface area contributed by atoms with Crippen molar-refractivity contribution < 1.29 is 9.90 Å². The van der Waals surface area contributed by atoms with E-state index in [-0.39, 0.29) is 12.5 Å². The standard InChI is InChI=1S/C16H20N2O2/c1-18(14-9-2-3-10-14)16(20)15-13(7-4-5-12-19)8-6-11-17-15/h6,8,11,14,19H,2-3,5,9-10,12H2,1H3. The average molecular weight is 272 g/mol. The van der Waals surface area contributed by atoms with Crippen molar-refractivity contribution in [3.63, 3.8) is 0 Å². The molecule has 0 aromatic carbocycles. The lowest BCUT2D eigenvalue weighted by Crippen LogP contribution is -2.36. The summed E-state index contributed by atoms with van der Waals surface area (Å²) in [5, 5.41) is 8.76. The van der Waals surface area contributed by atoms with Crippen LogP contribution in [0.3, 0.4) is 0 Å². The van der Waals surface area contributed by atoms with Crippen molar-refractivity contribution in [2.24, 2.45) is 0 Å². The first-order valence-electron chi connectivity index (χ1n) is 7.06. The Morgan fingerprint density at radius 2 is 2.25 bits per heavy atom. The molecular weight excluding hydrogens is 252 g/mol. The summed E-state index contributed by atoms with van der Waals surface area (Å²) < 4.78 is 0. The second-order valence-electron chi connectivity index (χ2n) is 5.03. The third-order valence-corrected chi connectivity index (χ3v) is 3.66. The number of nitrogens with zero attached hydrogens (tertiary/aromatic N) is 2. The van der Waals surface area contributed by atoms with E-state index in [0.717, 1.165) is 12.8 Å². The number of carbonyl (C=O) groups is 1. The van der Waals surface area contributed by atoms with Crippen LogP contribution in [-0.4, -0.2) is 40.6 Å². The zero-order chi connectivity index (χ0) is 14.4. The molecule has 1 aliphatic carbocycles. The molecule has 106 valence electrons. The zero-order valence-corrected chi connectivity index (χ0v) is 11.8. The van der Waals surface area contributed by atoms with E-state index in [9.17, 15) is 4.79 Å². The molecule has 1 fully saturated rings. The minimum absolute atomic E-state index is 0.0263. The van der Waals surface area contributed by atoms with Crippen molar-refractivity contribution in [2.45, 2.75) is 38.1 Å². The molecule has 1 heterocycles. The van der Waals surface area contributed by atoms with Gasteiger partial charge in [0.15, 0.2) is 0 Å². The Bertz CT molecular complexity index is 525. The number of aliphatic hydroxyl groups excluding tert-OH is 1. The number of pyridine rings is 1. The van der Waals surface area contributed by atoms with Crippen LogP contribution < -0.4 is 0 Å². The fraction of sp³-hybridized carbons (Fsp3) is 0.500. The monoisotopic (exact) mass is 272 g/mol. The van der Waals surface area contributed by atoms with Gasteiger partial charge in [-0.2, -0.15) is 0 Å². The third-order valence-electron chi connectivity index (χ3n) is 3.66. The van der Waals surface area contributed by atoms with Gasteiger partial charge in [0.2, 0.25) is 0 Å². The van der Waals surface area contributed by atoms with Crippen LogP contribution in [0.2, 0.25) is 0 Å². The second-order valence-corrected chi connectivity index (χ2v) is 5.03. The van der Waals surface area contributed by atoms with Crippen molar-refractivity contribution in [1.82, 2.24) is 9.88 Å². The molecule has 1 aliphatic rings. The molecule has 1 N–H and O–H groups in total. The van der Waals surface area contributed by atoms with Crippen LogP contribution in [0, 0.1) is 11.8 Å². The largest absolute Gasteiger partial charge is 0.395 e. The number of amides is 1. The Labute approximate surface area is 119 Å². The minimum atomic E-state index is -0.0641. The molecule has 0 saturated heterocycles. The molecule has 4 nitrogen and oxygen atoms in total. The van der Waals surface area contributed by atoms with Crippen LogP contribution in [-0.2, 0) is 0 Å². The number of carbonyl (C=O) groups excluding carboxylic acids is 1. The van der Waals surface area contributed by atoms with Crippen LogP contribution in [0.5, 0.6) is 0 Å². The van der Waals surface area contributed by atoms with Gasteiger partial charge in [-0.1, -0.05) is 24.7 Å². The third kappa shape index (κ3) is 3.37. The van der Waals surface area contributed by atoms with Gasteiger partial charge in [0.1, 0.15) is 5.69 Å². The molecule has 0 spiro atoms. The van der Waals surface area contributed by atoms with Crippen LogP contribution >= 0.6 is 0 Å². The summed E-state index contributed by atoms with van der Waals surface area (Å²) in [6.45, 7) is 0.0263. The summed E-state index contributed by atoms with van der Waals surface area (Å²) in [6.07, 6.45) is 6.54. The number of hydrogen-bond acceptors (Lipinski definition) is 3. The maximum atomic E-state index is 12.5. The van der Waals surface area contributed by atoms with Gasteiger partial charge < -0.3 is 10.0 Å². The quantitative estimate of drug-likeness (QED) is 0.854. The predicted molar refractivity (Wildman–Crippen MR) is 77.2 cm³/mol. The lowest BCUT2D eigenvalue weighted by atomic mass is 10.1. The zero-order valence-electron chi connectivity index (χ0n) is 11.8. The first kappa shape index (κ1) is 14.5. The molecule has 0 atom stereocenters. The topological polar surface area (TPSA) is 53.4 Å². The van der Waals surface area contributed by atoms with Gasteiger partial charge in [-0.25, -0.2) is 4.98 Å². The summed E-state index contributed by atoms with van der Waals surface area (Å²) in [6, 6.07) is 3.89. The van der Waals surface area contributed by atoms with Crippen LogP contribution in [0.1, 0.15) is 48.2 Å². The second kappa shape index (κ2) is 7.06. The molecule has 1 aromatic heterocycles. The van der Waals surface area contributed by atoms with E-state index >= 15 is 0 Å². The first-order valence-corrected chi connectivity index (χ1v) is 7.06. The van der Waals surface area contributed by atoms with Crippen LogP contribution in [0.4, 0.5) is 0 Å². The lowest BCUT2D eigenvalue weighted by molar-refractivity contribution is 0.0729. The Kier molecular flexibility index (Phi) is 5.14. The Morgan fingerprint density at radius 1 is 1.50 bits per heavy atom. The fourth-order valence-corrected chi connectivity index (χ4v) is 2.51. The van der Waals surface area contributed by atoms with E-state index in [1.807, 2.05) is 7.05 Å². The van der Waals surface area contributed by atoms with Gasteiger partial charge in [0.05, 0.1) is 12.2 Å². The van der Waals surface area contributed by atoms with Gasteiger partial charge in [-0.3, -0.25) is 4.79 Å². The van der Waals surface area contributed by atoms with E-state index in [0.29, 0.717) is 23.7 Å². The smallest absolute Gasteiger partial charge is 0.273 e. The Balaban J connectivity index is 2.19. The number of rotatable bonds is 3. The predicted octanol–water partition coefficient (Wildman–Crippen LogP) is 1.83. The van der Waals surface area contributed by atoms with Crippen molar-refractivity contribution in [2.75, 3.05) is 13.7 Å². The fourth-order valence-electron chi connectivity index (χ4n) is 2.51. The maximum Gasteiger partial charge on any atom is 0.273 e. The summed E-state index contributed by atoms with van der Waals surface area (Å²) in [7, 11) is 1.85. The van der Waals surface area contributed by atoms with Crippen molar-refractivity contribution >= 4 is 5.91 Å². The van der Waals surface area contributed by atoms with E-state index in [2.05, 4.69) is 16.8 Å². The summed E-state index contributed by atoms with van der Waals surface area (Å²) in [4.78, 5) is 18.5. The normalized spacial score (nSPS) is 14.7. The van der Waals surface area contributed by atoms with Crippen LogP contribution in [0.15, 0.2) is 18.3 Å². The molecule has 1 amide bonds. The number of hydrogen-bond donors (Lipinski definition) is 1. The van der Waals surface area contributed by atoms with E-state index < -0.39 is 0 Å². The Hall–Kier alpha value is -1.86. The highest BCUT2D eigenvalue weighted by molar-refractivity contribution is 5.94. The molecular formula is C16H20N2O2. The SMILES string of the molecule is CN(C(=O)c1ncccc1C#CCCO)C1CCCC1. The Morgan fingerprint density at radius 3 is 2.95 bits per heavy atom. The molecule has 0 bridgehead atoms. The van der Waals surface area contributed by atoms with Gasteiger partial charge >= 0.3 is 0 Å². The van der Waals surface area contributed by atoms with Crippen molar-refractivity contribution in [3.05, 3.63) is 29.6 Å². The summed E-state index contributed by atoms with van der Waals surface area (Å²) in [5.41, 5.74) is 1.04. The van der Waals surface area contributed by atoms with Crippen molar-refractivity contribution in [3.8, 4) is 11.8 Å². The van der Waals surface area contributed by atoms with E-state index in [4.69, 9.17) is 5.11 Å². The van der Waals surface area contributed by atoms with Gasteiger partial charge in [-0.15, -0.1) is 0 Å². The van der Waals surface area contributed by atoms with E-state index in [1.165, 1.54) is 12.8 Å². The molecule has 1 saturated carbocycles. The number of aromatic nitrogens is 1. The van der Waals surface area contributed by atoms with Crippen LogP contribution in [0.25, 0.3) is 0 Å². The van der Waals surface area contributed by atoms with E-state index in [1.54, 1.807) is 23.2 Å². The molecule has 4 heteroatoms. The molecule has 0 radical (unpaired) electrons. The first-order chi connectivity index (χ1) is 9.74. The van der Waals surface area contributed by atoms with Gasteiger partial charge in [-0.05, 0) is 25.0 Å². The highest BCUT2D eigenvalue weighted by Crippen LogP contribution is 2.23. The molecule has 20 heavy (non-hydrogen) atoms. The molecule has 0 unspecified atom stereocenters. The van der Waals surface area contributed by atoms with Gasteiger partial charge in [0, 0.05) is 25.7 Å². The summed E-state index contributed by atoms with van der Waals surface area (Å²) in [5.74, 6) is 5.70. The van der Waals surface area contributed by atoms with Gasteiger partial charge in [0.25, 0.3) is 5.91 Å². The highest BCUT2D eigenvalue weighted by atomic mass is 16.2. The maximum absolute atomic E-state index is 12.5. The number of aliphatic hydroxyl groups is 1. The molecule has 0 aliphatic heterocycles.